The summed E-state index contributed by atoms with van der Waals surface area (Å²) in [4.78, 5) is 16.3. The number of hydrogen-bond donors (Lipinski definition) is 1. The number of rotatable bonds is 5. The summed E-state index contributed by atoms with van der Waals surface area (Å²) in [7, 11) is 1.60. The van der Waals surface area contributed by atoms with Crippen molar-refractivity contribution in [1.82, 2.24) is 14.7 Å². The van der Waals surface area contributed by atoms with E-state index in [1.165, 1.54) is 12.3 Å². The lowest BCUT2D eigenvalue weighted by Gasteiger charge is -2.04. The van der Waals surface area contributed by atoms with Crippen LogP contribution >= 0.6 is 0 Å². The molecule has 0 saturated heterocycles. The topological polar surface area (TPSA) is 55.6 Å². The summed E-state index contributed by atoms with van der Waals surface area (Å²) in [5.74, 6) is 0.328. The minimum absolute atomic E-state index is 0.0987. The first-order valence-electron chi connectivity index (χ1n) is 7.17. The highest BCUT2D eigenvalue weighted by atomic mass is 19.1. The van der Waals surface area contributed by atoms with Crippen molar-refractivity contribution < 1.29 is 13.9 Å². The third-order valence-electron chi connectivity index (χ3n) is 3.46. The molecule has 23 heavy (non-hydrogen) atoms. The van der Waals surface area contributed by atoms with Crippen molar-refractivity contribution in [2.75, 3.05) is 7.11 Å². The molecule has 3 aromatic rings. The molecule has 0 aliphatic carbocycles. The Morgan fingerprint density at radius 2 is 2.00 bits per heavy atom. The molecule has 0 atom stereocenters. The van der Waals surface area contributed by atoms with E-state index >= 15 is 0 Å². The van der Waals surface area contributed by atoms with Gasteiger partial charge in [-0.25, -0.2) is 9.37 Å². The number of imidazole rings is 1. The van der Waals surface area contributed by atoms with Crippen LogP contribution in [0.1, 0.15) is 11.3 Å². The fourth-order valence-corrected chi connectivity index (χ4v) is 2.28. The van der Waals surface area contributed by atoms with Crippen molar-refractivity contribution in [2.24, 2.45) is 0 Å². The summed E-state index contributed by atoms with van der Waals surface area (Å²) >= 11 is 0. The second kappa shape index (κ2) is 6.48. The number of pyridine rings is 1. The van der Waals surface area contributed by atoms with Gasteiger partial charge < -0.3 is 14.5 Å². The van der Waals surface area contributed by atoms with Gasteiger partial charge in [0.2, 0.25) is 5.91 Å². The smallest absolute Gasteiger partial charge is 0.224 e. The number of carbonyl (C=O) groups excluding carboxylic acids is 1. The summed E-state index contributed by atoms with van der Waals surface area (Å²) in [5, 5.41) is 2.81. The number of amides is 1. The number of hydrogen-bond acceptors (Lipinski definition) is 3. The first kappa shape index (κ1) is 15.0. The summed E-state index contributed by atoms with van der Waals surface area (Å²) in [5.41, 5.74) is 2.23. The van der Waals surface area contributed by atoms with Gasteiger partial charge in [0.25, 0.3) is 0 Å². The Morgan fingerprint density at radius 3 is 2.74 bits per heavy atom. The van der Waals surface area contributed by atoms with E-state index in [0.717, 1.165) is 11.3 Å². The Kier molecular flexibility index (Phi) is 4.23. The Balaban J connectivity index is 1.58. The highest BCUT2D eigenvalue weighted by molar-refractivity contribution is 5.78. The van der Waals surface area contributed by atoms with Crippen molar-refractivity contribution in [1.29, 1.82) is 0 Å². The van der Waals surface area contributed by atoms with Crippen molar-refractivity contribution in [2.45, 2.75) is 13.0 Å². The van der Waals surface area contributed by atoms with Crippen LogP contribution in [-0.4, -0.2) is 22.4 Å². The van der Waals surface area contributed by atoms with Crippen LogP contribution in [0.5, 0.6) is 5.75 Å². The van der Waals surface area contributed by atoms with Gasteiger partial charge in [-0.1, -0.05) is 12.1 Å². The average Bonchev–Trinajstić information content (AvgIpc) is 2.95. The minimum atomic E-state index is -0.329. The molecule has 1 aromatic carbocycles. The van der Waals surface area contributed by atoms with E-state index in [1.807, 2.05) is 24.3 Å². The van der Waals surface area contributed by atoms with Crippen LogP contribution in [0.25, 0.3) is 5.65 Å². The molecule has 5 nitrogen and oxygen atoms in total. The molecule has 6 heteroatoms. The molecule has 0 spiro atoms. The Morgan fingerprint density at radius 1 is 1.22 bits per heavy atom. The number of ether oxygens (including phenoxy) is 1. The maximum absolute atomic E-state index is 13.1. The molecule has 1 amide bonds. The van der Waals surface area contributed by atoms with E-state index in [2.05, 4.69) is 10.3 Å². The van der Waals surface area contributed by atoms with Crippen LogP contribution in [0, 0.1) is 5.82 Å². The zero-order valence-corrected chi connectivity index (χ0v) is 12.6. The summed E-state index contributed by atoms with van der Waals surface area (Å²) in [6.07, 6.45) is 3.34. The van der Waals surface area contributed by atoms with Crippen LogP contribution in [0.4, 0.5) is 4.39 Å². The normalized spacial score (nSPS) is 10.7. The lowest BCUT2D eigenvalue weighted by Crippen LogP contribution is -2.24. The van der Waals surface area contributed by atoms with Crippen molar-refractivity contribution in [3.8, 4) is 5.75 Å². The van der Waals surface area contributed by atoms with Crippen LogP contribution in [-0.2, 0) is 17.8 Å². The van der Waals surface area contributed by atoms with Gasteiger partial charge in [-0.3, -0.25) is 4.79 Å². The van der Waals surface area contributed by atoms with E-state index in [4.69, 9.17) is 4.74 Å². The second-order valence-electron chi connectivity index (χ2n) is 5.15. The molecule has 0 unspecified atom stereocenters. The van der Waals surface area contributed by atoms with E-state index in [1.54, 1.807) is 23.8 Å². The standard InChI is InChI=1S/C17H16FN3O2/c1-23-15-5-2-12(3-6-15)8-17(22)19-9-14-11-21-10-13(18)4-7-16(21)20-14/h2-7,10-11H,8-9H2,1H3,(H,19,22). The molecule has 0 fully saturated rings. The van der Waals surface area contributed by atoms with Crippen molar-refractivity contribution in [3.05, 3.63) is 65.9 Å². The minimum Gasteiger partial charge on any atom is -0.497 e. The van der Waals surface area contributed by atoms with Crippen LogP contribution in [0.3, 0.4) is 0 Å². The zero-order valence-electron chi connectivity index (χ0n) is 12.6. The Bertz CT molecular complexity index is 827. The van der Waals surface area contributed by atoms with Crippen molar-refractivity contribution in [3.63, 3.8) is 0 Å². The molecular weight excluding hydrogens is 297 g/mol. The maximum atomic E-state index is 13.1. The lowest BCUT2D eigenvalue weighted by molar-refractivity contribution is -0.120. The molecule has 0 aliphatic heterocycles. The zero-order chi connectivity index (χ0) is 16.2. The third-order valence-corrected chi connectivity index (χ3v) is 3.46. The largest absolute Gasteiger partial charge is 0.497 e. The number of fused-ring (bicyclic) bond motifs is 1. The van der Waals surface area contributed by atoms with Gasteiger partial charge in [-0.15, -0.1) is 0 Å². The maximum Gasteiger partial charge on any atom is 0.224 e. The van der Waals surface area contributed by atoms with Crippen LogP contribution < -0.4 is 10.1 Å². The highest BCUT2D eigenvalue weighted by Gasteiger charge is 2.06. The summed E-state index contributed by atoms with van der Waals surface area (Å²) in [6.45, 7) is 0.304. The first-order chi connectivity index (χ1) is 11.1. The molecule has 0 saturated carbocycles. The molecule has 2 heterocycles. The number of methoxy groups -OCH3 is 1. The average molecular weight is 313 g/mol. The molecule has 3 rings (SSSR count). The number of benzene rings is 1. The number of halogens is 1. The number of nitrogens with one attached hydrogen (secondary N) is 1. The fourth-order valence-electron chi connectivity index (χ4n) is 2.28. The van der Waals surface area contributed by atoms with E-state index in [0.29, 0.717) is 17.9 Å². The van der Waals surface area contributed by atoms with Gasteiger partial charge in [0.1, 0.15) is 17.2 Å². The number of aromatic nitrogens is 2. The Labute approximate surface area is 132 Å². The first-order valence-corrected chi connectivity index (χ1v) is 7.17. The molecule has 1 N–H and O–H groups in total. The fraction of sp³-hybridized carbons (Fsp3) is 0.176. The molecule has 118 valence electrons. The molecule has 0 aliphatic rings. The molecular formula is C17H16FN3O2. The van der Waals surface area contributed by atoms with Gasteiger partial charge in [-0.05, 0) is 29.8 Å². The van der Waals surface area contributed by atoms with E-state index in [-0.39, 0.29) is 18.1 Å². The predicted octanol–water partition coefficient (Wildman–Crippen LogP) is 2.34. The summed E-state index contributed by atoms with van der Waals surface area (Å²) in [6, 6.07) is 10.3. The Hall–Kier alpha value is -2.89. The predicted molar refractivity (Wildman–Crippen MR) is 83.7 cm³/mol. The van der Waals surface area contributed by atoms with Gasteiger partial charge in [0.15, 0.2) is 0 Å². The highest BCUT2D eigenvalue weighted by Crippen LogP contribution is 2.12. The SMILES string of the molecule is COc1ccc(CC(=O)NCc2cn3cc(F)ccc3n2)cc1. The third kappa shape index (κ3) is 3.66. The summed E-state index contributed by atoms with van der Waals surface area (Å²) < 4.78 is 19.8. The van der Waals surface area contributed by atoms with Crippen molar-refractivity contribution >= 4 is 11.6 Å². The quantitative estimate of drug-likeness (QED) is 0.786. The van der Waals surface area contributed by atoms with E-state index < -0.39 is 0 Å². The molecule has 0 bridgehead atoms. The van der Waals surface area contributed by atoms with Gasteiger partial charge in [0.05, 0.1) is 25.8 Å². The molecule has 0 radical (unpaired) electrons. The second-order valence-corrected chi connectivity index (χ2v) is 5.15. The number of carbonyl (C=O) groups is 1. The number of nitrogens with zero attached hydrogens (tertiary/aromatic N) is 2. The monoisotopic (exact) mass is 313 g/mol. The van der Waals surface area contributed by atoms with Crippen LogP contribution in [0.15, 0.2) is 48.8 Å². The lowest BCUT2D eigenvalue weighted by atomic mass is 10.1. The molecule has 2 aromatic heterocycles. The van der Waals surface area contributed by atoms with Crippen LogP contribution in [0.2, 0.25) is 0 Å². The van der Waals surface area contributed by atoms with Gasteiger partial charge >= 0.3 is 0 Å². The van der Waals surface area contributed by atoms with E-state index in [9.17, 15) is 9.18 Å². The van der Waals surface area contributed by atoms with Gasteiger partial charge in [0, 0.05) is 12.4 Å². The van der Waals surface area contributed by atoms with Gasteiger partial charge in [-0.2, -0.15) is 0 Å².